The van der Waals surface area contributed by atoms with Crippen molar-refractivity contribution in [2.75, 3.05) is 0 Å². The van der Waals surface area contributed by atoms with Gasteiger partial charge in [0.15, 0.2) is 0 Å². The summed E-state index contributed by atoms with van der Waals surface area (Å²) in [6.45, 7) is 6.53. The first-order valence-electron chi connectivity index (χ1n) is 14.7. The summed E-state index contributed by atoms with van der Waals surface area (Å²) in [5, 5.41) is 9.71. The van der Waals surface area contributed by atoms with Crippen LogP contribution in [0.4, 0.5) is 0 Å². The van der Waals surface area contributed by atoms with Crippen molar-refractivity contribution in [1.82, 2.24) is 0 Å². The Hall–Kier alpha value is -1.32. The van der Waals surface area contributed by atoms with Gasteiger partial charge in [-0.2, -0.15) is 0 Å². The average molecular weight is 480 g/mol. The van der Waals surface area contributed by atoms with Gasteiger partial charge in [0.2, 0.25) is 5.91 Å². The average Bonchev–Trinajstić information content (AvgIpc) is 2.81. The van der Waals surface area contributed by atoms with Gasteiger partial charge in [0.05, 0.1) is 0 Å². The van der Waals surface area contributed by atoms with Gasteiger partial charge in [0.25, 0.3) is 0 Å². The molecule has 0 fully saturated rings. The highest BCUT2D eigenvalue weighted by Crippen LogP contribution is 2.26. The SMILES string of the molecule is CCCCCCCCCCCCCCCCCC/C(C(=O)O)=C(/CC(CC)CCCC)C(N)=O. The third-order valence-electron chi connectivity index (χ3n) is 7.24. The Morgan fingerprint density at radius 2 is 1.03 bits per heavy atom. The fourth-order valence-corrected chi connectivity index (χ4v) is 4.84. The predicted molar refractivity (Wildman–Crippen MR) is 146 cm³/mol. The Labute approximate surface area is 211 Å². The van der Waals surface area contributed by atoms with Gasteiger partial charge in [-0.05, 0) is 25.2 Å². The summed E-state index contributed by atoms with van der Waals surface area (Å²) < 4.78 is 0. The molecule has 0 heterocycles. The first-order chi connectivity index (χ1) is 16.5. The second-order valence-corrected chi connectivity index (χ2v) is 10.3. The van der Waals surface area contributed by atoms with E-state index in [2.05, 4.69) is 20.8 Å². The molecule has 0 aliphatic carbocycles. The number of rotatable bonds is 25. The molecule has 1 atom stereocenters. The number of unbranched alkanes of at least 4 members (excludes halogenated alkanes) is 16. The highest BCUT2D eigenvalue weighted by Gasteiger charge is 2.21. The van der Waals surface area contributed by atoms with Crippen molar-refractivity contribution < 1.29 is 14.7 Å². The number of primary amides is 1. The van der Waals surface area contributed by atoms with Crippen molar-refractivity contribution in [3.63, 3.8) is 0 Å². The lowest BCUT2D eigenvalue weighted by molar-refractivity contribution is -0.133. The van der Waals surface area contributed by atoms with Crippen LogP contribution in [0.2, 0.25) is 0 Å². The molecule has 3 N–H and O–H groups in total. The minimum absolute atomic E-state index is 0.257. The molecule has 0 aromatic heterocycles. The van der Waals surface area contributed by atoms with Crippen molar-refractivity contribution in [1.29, 1.82) is 0 Å². The number of carboxylic acids is 1. The molecule has 200 valence electrons. The Kier molecular flexibility index (Phi) is 22.5. The van der Waals surface area contributed by atoms with Crippen molar-refractivity contribution in [3.05, 3.63) is 11.1 Å². The van der Waals surface area contributed by atoms with Crippen LogP contribution >= 0.6 is 0 Å². The molecule has 0 aliphatic rings. The van der Waals surface area contributed by atoms with E-state index in [-0.39, 0.29) is 5.57 Å². The van der Waals surface area contributed by atoms with Crippen LogP contribution in [0.25, 0.3) is 0 Å². The minimum Gasteiger partial charge on any atom is -0.478 e. The van der Waals surface area contributed by atoms with Gasteiger partial charge in [-0.25, -0.2) is 4.79 Å². The fraction of sp³-hybridized carbons (Fsp3) is 0.867. The molecule has 0 saturated heterocycles. The van der Waals surface area contributed by atoms with E-state index < -0.39 is 11.9 Å². The predicted octanol–water partition coefficient (Wildman–Crippen LogP) is 9.11. The number of nitrogens with two attached hydrogens (primary N) is 1. The zero-order chi connectivity index (χ0) is 25.4. The highest BCUT2D eigenvalue weighted by molar-refractivity contribution is 6.01. The van der Waals surface area contributed by atoms with Crippen LogP contribution in [0.5, 0.6) is 0 Å². The monoisotopic (exact) mass is 479 g/mol. The number of hydrogen-bond acceptors (Lipinski definition) is 2. The first kappa shape index (κ1) is 32.7. The largest absolute Gasteiger partial charge is 0.478 e. The fourth-order valence-electron chi connectivity index (χ4n) is 4.84. The third-order valence-corrected chi connectivity index (χ3v) is 7.24. The second kappa shape index (κ2) is 23.4. The summed E-state index contributed by atoms with van der Waals surface area (Å²) >= 11 is 0. The van der Waals surface area contributed by atoms with E-state index in [4.69, 9.17) is 5.73 Å². The summed E-state index contributed by atoms with van der Waals surface area (Å²) in [4.78, 5) is 23.9. The number of carbonyl (C=O) groups is 2. The van der Waals surface area contributed by atoms with Crippen LogP contribution in [-0.2, 0) is 9.59 Å². The molecule has 1 amide bonds. The van der Waals surface area contributed by atoms with Gasteiger partial charge in [-0.3, -0.25) is 4.79 Å². The van der Waals surface area contributed by atoms with Crippen LogP contribution in [0.1, 0.15) is 162 Å². The first-order valence-corrected chi connectivity index (χ1v) is 14.7. The molecular weight excluding hydrogens is 422 g/mol. The quantitative estimate of drug-likeness (QED) is 0.101. The lowest BCUT2D eigenvalue weighted by atomic mass is 9.88. The third kappa shape index (κ3) is 18.1. The van der Waals surface area contributed by atoms with Crippen LogP contribution in [-0.4, -0.2) is 17.0 Å². The Morgan fingerprint density at radius 3 is 1.38 bits per heavy atom. The Morgan fingerprint density at radius 1 is 0.618 bits per heavy atom. The van der Waals surface area contributed by atoms with E-state index in [1.165, 1.54) is 83.5 Å². The van der Waals surface area contributed by atoms with Crippen LogP contribution < -0.4 is 5.73 Å². The molecular formula is C30H57NO3. The van der Waals surface area contributed by atoms with E-state index in [0.29, 0.717) is 24.3 Å². The molecule has 0 bridgehead atoms. The van der Waals surface area contributed by atoms with Crippen molar-refractivity contribution in [2.24, 2.45) is 11.7 Å². The lowest BCUT2D eigenvalue weighted by Gasteiger charge is -2.17. The minimum atomic E-state index is -0.972. The van der Waals surface area contributed by atoms with E-state index in [0.717, 1.165) is 44.9 Å². The Balaban J connectivity index is 4.05. The maximum absolute atomic E-state index is 12.0. The van der Waals surface area contributed by atoms with Crippen LogP contribution in [0, 0.1) is 5.92 Å². The molecule has 0 radical (unpaired) electrons. The summed E-state index contributed by atoms with van der Waals surface area (Å²) in [6.07, 6.45) is 25.8. The zero-order valence-electron chi connectivity index (χ0n) is 23.0. The maximum atomic E-state index is 12.0. The van der Waals surface area contributed by atoms with E-state index in [1.54, 1.807) is 0 Å². The zero-order valence-corrected chi connectivity index (χ0v) is 23.0. The highest BCUT2D eigenvalue weighted by atomic mass is 16.4. The Bertz CT molecular complexity index is 541. The summed E-state index contributed by atoms with van der Waals surface area (Å²) in [6, 6.07) is 0. The van der Waals surface area contributed by atoms with Gasteiger partial charge >= 0.3 is 5.97 Å². The van der Waals surface area contributed by atoms with Crippen molar-refractivity contribution in [3.8, 4) is 0 Å². The topological polar surface area (TPSA) is 80.4 Å². The maximum Gasteiger partial charge on any atom is 0.332 e. The van der Waals surface area contributed by atoms with Gasteiger partial charge in [-0.15, -0.1) is 0 Å². The van der Waals surface area contributed by atoms with E-state index >= 15 is 0 Å². The second-order valence-electron chi connectivity index (χ2n) is 10.3. The molecule has 0 spiro atoms. The molecule has 1 unspecified atom stereocenters. The van der Waals surface area contributed by atoms with Crippen molar-refractivity contribution >= 4 is 11.9 Å². The molecule has 0 aliphatic heterocycles. The van der Waals surface area contributed by atoms with Crippen molar-refractivity contribution in [2.45, 2.75) is 162 Å². The van der Waals surface area contributed by atoms with Crippen LogP contribution in [0.3, 0.4) is 0 Å². The van der Waals surface area contributed by atoms with E-state index in [9.17, 15) is 14.7 Å². The van der Waals surface area contributed by atoms with Gasteiger partial charge in [0.1, 0.15) is 0 Å². The molecule has 4 heteroatoms. The number of carboxylic acid groups (broad SMARTS) is 1. The molecule has 0 saturated carbocycles. The van der Waals surface area contributed by atoms with Gasteiger partial charge < -0.3 is 10.8 Å². The summed E-state index contributed by atoms with van der Waals surface area (Å²) in [7, 11) is 0. The van der Waals surface area contributed by atoms with Crippen LogP contribution in [0.15, 0.2) is 11.1 Å². The standard InChI is InChI=1S/C30H57NO3/c1-4-7-9-10-11-12-13-14-15-16-17-18-19-20-21-22-24-27(30(33)34)28(29(31)32)25-26(6-3)23-8-5-2/h26H,4-25H2,1-3H3,(H2,31,32)(H,33,34)/b28-27+. The smallest absolute Gasteiger partial charge is 0.332 e. The molecule has 0 rings (SSSR count). The molecule has 34 heavy (non-hydrogen) atoms. The number of hydrogen-bond donors (Lipinski definition) is 2. The summed E-state index contributed by atoms with van der Waals surface area (Å²) in [5.74, 6) is -1.19. The van der Waals surface area contributed by atoms with Gasteiger partial charge in [0, 0.05) is 11.1 Å². The molecule has 0 aromatic rings. The normalized spacial score (nSPS) is 13.0. The lowest BCUT2D eigenvalue weighted by Crippen LogP contribution is -2.21. The summed E-state index contributed by atoms with van der Waals surface area (Å²) in [5.41, 5.74) is 6.22. The molecule has 4 nitrogen and oxygen atoms in total. The van der Waals surface area contributed by atoms with E-state index in [1.807, 2.05) is 0 Å². The molecule has 0 aromatic carbocycles. The number of carbonyl (C=O) groups excluding carboxylic acids is 1. The number of aliphatic carboxylic acids is 1. The number of amides is 1. The van der Waals surface area contributed by atoms with Gasteiger partial charge in [-0.1, -0.05) is 143 Å².